The van der Waals surface area contributed by atoms with Crippen molar-refractivity contribution >= 4 is 34.9 Å². The van der Waals surface area contributed by atoms with Crippen LogP contribution in [0.2, 0.25) is 10.0 Å². The molecule has 0 bridgehead atoms. The fraction of sp³-hybridized carbons (Fsp3) is 0.174. The molecular formula is C23H23Cl2N3O. The largest absolute Gasteiger partial charge is 0.345 e. The van der Waals surface area contributed by atoms with Crippen LogP contribution in [-0.4, -0.2) is 22.0 Å². The number of benzene rings is 2. The zero-order chi connectivity index (χ0) is 20.8. The second kappa shape index (κ2) is 9.68. The molecule has 1 N–H and O–H groups in total. The third-order valence-corrected chi connectivity index (χ3v) is 5.17. The Kier molecular flexibility index (Phi) is 7.02. The van der Waals surface area contributed by atoms with Crippen LogP contribution in [0.25, 0.3) is 0 Å². The monoisotopic (exact) mass is 427 g/mol. The number of urea groups is 1. The number of para-hydroxylation sites is 1. The molecule has 2 amide bonds. The minimum atomic E-state index is -0.289. The maximum absolute atomic E-state index is 12.9. The lowest BCUT2D eigenvalue weighted by Gasteiger charge is -2.23. The molecule has 1 heterocycles. The Hall–Kier alpha value is -2.69. The van der Waals surface area contributed by atoms with Gasteiger partial charge in [0.1, 0.15) is 0 Å². The second-order valence-electron chi connectivity index (χ2n) is 6.81. The molecule has 0 spiro atoms. The first-order chi connectivity index (χ1) is 14.0. The van der Waals surface area contributed by atoms with Gasteiger partial charge in [-0.05, 0) is 36.8 Å². The zero-order valence-electron chi connectivity index (χ0n) is 16.2. The SMILES string of the molecule is C=CCN(Cc1cccn1Cc1cccc(C)c1)C(=O)Nc1c(Cl)cccc1Cl. The molecule has 0 saturated heterocycles. The summed E-state index contributed by atoms with van der Waals surface area (Å²) in [7, 11) is 0. The van der Waals surface area contributed by atoms with Crippen molar-refractivity contribution in [3.8, 4) is 0 Å². The Balaban J connectivity index is 1.76. The number of nitrogens with zero attached hydrogens (tertiary/aromatic N) is 2. The van der Waals surface area contributed by atoms with Crippen LogP contribution in [0.3, 0.4) is 0 Å². The summed E-state index contributed by atoms with van der Waals surface area (Å²) in [5.74, 6) is 0. The van der Waals surface area contributed by atoms with Crippen LogP contribution in [0, 0.1) is 6.92 Å². The fourth-order valence-corrected chi connectivity index (χ4v) is 3.62. The maximum atomic E-state index is 12.9. The van der Waals surface area contributed by atoms with E-state index in [-0.39, 0.29) is 6.03 Å². The zero-order valence-corrected chi connectivity index (χ0v) is 17.7. The van der Waals surface area contributed by atoms with Crippen molar-refractivity contribution in [1.82, 2.24) is 9.47 Å². The number of amides is 2. The van der Waals surface area contributed by atoms with Gasteiger partial charge < -0.3 is 14.8 Å². The molecule has 0 aliphatic heterocycles. The maximum Gasteiger partial charge on any atom is 0.322 e. The van der Waals surface area contributed by atoms with Crippen LogP contribution in [-0.2, 0) is 13.1 Å². The lowest BCUT2D eigenvalue weighted by Crippen LogP contribution is -2.35. The van der Waals surface area contributed by atoms with Gasteiger partial charge in [0.25, 0.3) is 0 Å². The number of hydrogen-bond acceptors (Lipinski definition) is 1. The molecule has 0 atom stereocenters. The fourth-order valence-electron chi connectivity index (χ4n) is 3.13. The molecular weight excluding hydrogens is 405 g/mol. The molecule has 0 saturated carbocycles. The van der Waals surface area contributed by atoms with Gasteiger partial charge in [-0.15, -0.1) is 6.58 Å². The van der Waals surface area contributed by atoms with E-state index < -0.39 is 0 Å². The topological polar surface area (TPSA) is 37.3 Å². The van der Waals surface area contributed by atoms with Crippen molar-refractivity contribution in [2.45, 2.75) is 20.0 Å². The summed E-state index contributed by atoms with van der Waals surface area (Å²) in [6.07, 6.45) is 3.72. The van der Waals surface area contributed by atoms with E-state index >= 15 is 0 Å². The normalized spacial score (nSPS) is 10.6. The van der Waals surface area contributed by atoms with E-state index in [0.29, 0.717) is 28.8 Å². The van der Waals surface area contributed by atoms with Crippen molar-refractivity contribution < 1.29 is 4.79 Å². The Labute approximate surface area is 181 Å². The lowest BCUT2D eigenvalue weighted by molar-refractivity contribution is 0.214. The summed E-state index contributed by atoms with van der Waals surface area (Å²) >= 11 is 12.4. The highest BCUT2D eigenvalue weighted by Crippen LogP contribution is 2.30. The average molecular weight is 428 g/mol. The first kappa shape index (κ1) is 21.0. The van der Waals surface area contributed by atoms with Gasteiger partial charge in [-0.1, -0.05) is 65.2 Å². The Bertz CT molecular complexity index is 993. The average Bonchev–Trinajstić information content (AvgIpc) is 3.11. The van der Waals surface area contributed by atoms with Gasteiger partial charge in [0.2, 0.25) is 0 Å². The van der Waals surface area contributed by atoms with Crippen LogP contribution in [0.5, 0.6) is 0 Å². The Morgan fingerprint density at radius 1 is 1.14 bits per heavy atom. The standard InChI is InChI=1S/C23H23Cl2N3O/c1-3-12-28(23(29)26-22-20(24)10-5-11-21(22)25)16-19-9-6-13-27(19)15-18-8-4-7-17(2)14-18/h3-11,13-14H,1,12,15-16H2,2H3,(H,26,29). The summed E-state index contributed by atoms with van der Waals surface area (Å²) in [6, 6.07) is 17.2. The number of hydrogen-bond donors (Lipinski definition) is 1. The van der Waals surface area contributed by atoms with Crippen LogP contribution >= 0.6 is 23.2 Å². The van der Waals surface area contributed by atoms with Gasteiger partial charge in [-0.2, -0.15) is 0 Å². The van der Waals surface area contributed by atoms with Gasteiger partial charge in [-0.25, -0.2) is 4.79 Å². The molecule has 3 aromatic rings. The van der Waals surface area contributed by atoms with Crippen LogP contribution in [0.15, 0.2) is 73.4 Å². The first-order valence-corrected chi connectivity index (χ1v) is 10.0. The number of anilines is 1. The molecule has 29 heavy (non-hydrogen) atoms. The molecule has 3 rings (SSSR count). The predicted octanol–water partition coefficient (Wildman–Crippen LogP) is 6.37. The lowest BCUT2D eigenvalue weighted by atomic mass is 10.1. The molecule has 0 aliphatic rings. The highest BCUT2D eigenvalue weighted by atomic mass is 35.5. The minimum Gasteiger partial charge on any atom is -0.345 e. The van der Waals surface area contributed by atoms with Crippen molar-refractivity contribution in [1.29, 1.82) is 0 Å². The van der Waals surface area contributed by atoms with E-state index in [2.05, 4.69) is 47.7 Å². The van der Waals surface area contributed by atoms with Crippen molar-refractivity contribution in [3.05, 3.63) is 100 Å². The number of aryl methyl sites for hydroxylation is 1. The van der Waals surface area contributed by atoms with E-state index in [1.54, 1.807) is 29.2 Å². The number of rotatable bonds is 7. The number of carbonyl (C=O) groups excluding carboxylic acids is 1. The smallest absolute Gasteiger partial charge is 0.322 e. The van der Waals surface area contributed by atoms with Crippen molar-refractivity contribution in [2.75, 3.05) is 11.9 Å². The van der Waals surface area contributed by atoms with Crippen molar-refractivity contribution in [3.63, 3.8) is 0 Å². The van der Waals surface area contributed by atoms with E-state index in [1.165, 1.54) is 11.1 Å². The van der Waals surface area contributed by atoms with E-state index in [1.807, 2.05) is 18.3 Å². The van der Waals surface area contributed by atoms with Crippen molar-refractivity contribution in [2.24, 2.45) is 0 Å². The van der Waals surface area contributed by atoms with E-state index in [9.17, 15) is 4.79 Å². The summed E-state index contributed by atoms with van der Waals surface area (Å²) in [5, 5.41) is 3.61. The number of aromatic nitrogens is 1. The second-order valence-corrected chi connectivity index (χ2v) is 7.63. The third kappa shape index (κ3) is 5.43. The van der Waals surface area contributed by atoms with E-state index in [4.69, 9.17) is 23.2 Å². The third-order valence-electron chi connectivity index (χ3n) is 4.54. The highest BCUT2D eigenvalue weighted by molar-refractivity contribution is 6.39. The molecule has 4 nitrogen and oxygen atoms in total. The number of carbonyl (C=O) groups is 1. The first-order valence-electron chi connectivity index (χ1n) is 9.28. The Morgan fingerprint density at radius 3 is 2.55 bits per heavy atom. The summed E-state index contributed by atoms with van der Waals surface area (Å²) < 4.78 is 2.14. The van der Waals surface area contributed by atoms with Crippen LogP contribution in [0.1, 0.15) is 16.8 Å². The van der Waals surface area contributed by atoms with E-state index in [0.717, 1.165) is 12.2 Å². The van der Waals surface area contributed by atoms with Gasteiger partial charge >= 0.3 is 6.03 Å². The van der Waals surface area contributed by atoms with Gasteiger partial charge in [0, 0.05) is 25.0 Å². The van der Waals surface area contributed by atoms with Gasteiger partial charge in [0.05, 0.1) is 22.3 Å². The molecule has 0 fully saturated rings. The summed E-state index contributed by atoms with van der Waals surface area (Å²) in [6.45, 7) is 7.41. The quantitative estimate of drug-likeness (QED) is 0.436. The minimum absolute atomic E-state index is 0.289. The molecule has 0 unspecified atom stereocenters. The number of halogens is 2. The summed E-state index contributed by atoms with van der Waals surface area (Å²) in [4.78, 5) is 14.5. The molecule has 150 valence electrons. The molecule has 6 heteroatoms. The predicted molar refractivity (Wildman–Crippen MR) is 121 cm³/mol. The molecule has 0 radical (unpaired) electrons. The molecule has 2 aromatic carbocycles. The van der Waals surface area contributed by atoms with Crippen LogP contribution in [0.4, 0.5) is 10.5 Å². The van der Waals surface area contributed by atoms with Gasteiger partial charge in [-0.3, -0.25) is 0 Å². The number of nitrogens with one attached hydrogen (secondary N) is 1. The Morgan fingerprint density at radius 2 is 1.86 bits per heavy atom. The molecule has 1 aromatic heterocycles. The van der Waals surface area contributed by atoms with Gasteiger partial charge in [0.15, 0.2) is 0 Å². The highest BCUT2D eigenvalue weighted by Gasteiger charge is 2.17. The van der Waals surface area contributed by atoms with Crippen LogP contribution < -0.4 is 5.32 Å². The summed E-state index contributed by atoms with van der Waals surface area (Å²) in [5.41, 5.74) is 3.87. The molecule has 0 aliphatic carbocycles.